The molecule has 3 N–H and O–H groups in total. The van der Waals surface area contributed by atoms with Gasteiger partial charge in [0.2, 0.25) is 0 Å². The van der Waals surface area contributed by atoms with Crippen LogP contribution in [-0.2, 0) is 36.0 Å². The number of cyclic esters (lactones) is 1. The monoisotopic (exact) mass is 474 g/mol. The van der Waals surface area contributed by atoms with E-state index in [1.54, 1.807) is 12.1 Å². The number of carbonyl (C=O) groups is 2. The van der Waals surface area contributed by atoms with Crippen molar-refractivity contribution in [3.63, 3.8) is 0 Å². The highest BCUT2D eigenvalue weighted by Gasteiger charge is 2.51. The largest absolute Gasteiger partial charge is 0.508 e. The van der Waals surface area contributed by atoms with Crippen LogP contribution in [0.25, 0.3) is 0 Å². The van der Waals surface area contributed by atoms with Crippen molar-refractivity contribution >= 4 is 11.9 Å². The summed E-state index contributed by atoms with van der Waals surface area (Å²) in [4.78, 5) is 25.1. The molecule has 1 heterocycles. The number of hydrogen-bond donors (Lipinski definition) is 3. The van der Waals surface area contributed by atoms with E-state index in [2.05, 4.69) is 0 Å². The Bertz CT molecular complexity index is 1280. The van der Waals surface area contributed by atoms with Gasteiger partial charge in [0, 0.05) is 16.7 Å². The normalized spacial score (nSPS) is 14.0. The lowest BCUT2D eigenvalue weighted by atomic mass is 9.74. The molecule has 3 aromatic carbocycles. The van der Waals surface area contributed by atoms with Gasteiger partial charge in [-0.1, -0.05) is 39.8 Å². The maximum atomic E-state index is 13.2. The average molecular weight is 475 g/mol. The number of phenolic OH excluding ortho intramolecular Hbond substituents is 2. The van der Waals surface area contributed by atoms with Gasteiger partial charge in [0.15, 0.2) is 5.60 Å². The van der Waals surface area contributed by atoms with Crippen LogP contribution < -0.4 is 0 Å². The highest BCUT2D eigenvalue weighted by Crippen LogP contribution is 2.51. The first-order valence-electron chi connectivity index (χ1n) is 12.0. The third kappa shape index (κ3) is 3.73. The van der Waals surface area contributed by atoms with Crippen molar-refractivity contribution in [3.8, 4) is 11.5 Å². The molecule has 0 fully saturated rings. The summed E-state index contributed by atoms with van der Waals surface area (Å²) in [5.74, 6) is -1.56. The smallest absolute Gasteiger partial charge is 0.340 e. The maximum absolute atomic E-state index is 13.2. The molecule has 0 unspecified atom stereocenters. The molecule has 0 bridgehead atoms. The summed E-state index contributed by atoms with van der Waals surface area (Å²) in [5.41, 5.74) is 3.52. The van der Waals surface area contributed by atoms with E-state index in [1.807, 2.05) is 39.8 Å². The minimum atomic E-state index is -1.53. The van der Waals surface area contributed by atoms with Gasteiger partial charge < -0.3 is 20.1 Å². The Morgan fingerprint density at radius 2 is 1.23 bits per heavy atom. The number of aromatic carboxylic acids is 1. The lowest BCUT2D eigenvalue weighted by Crippen LogP contribution is -2.32. The summed E-state index contributed by atoms with van der Waals surface area (Å²) in [6.07, 6.45) is 2.43. The van der Waals surface area contributed by atoms with Gasteiger partial charge >= 0.3 is 11.9 Å². The van der Waals surface area contributed by atoms with Gasteiger partial charge in [0.1, 0.15) is 11.5 Å². The van der Waals surface area contributed by atoms with Crippen molar-refractivity contribution in [2.75, 3.05) is 0 Å². The Morgan fingerprint density at radius 1 is 0.743 bits per heavy atom. The molecular formula is C29H30O6. The molecule has 0 amide bonds. The number of hydrogen-bond acceptors (Lipinski definition) is 5. The Labute approximate surface area is 204 Å². The minimum Gasteiger partial charge on any atom is -0.508 e. The fourth-order valence-electron chi connectivity index (χ4n) is 5.12. The molecule has 0 spiro atoms. The van der Waals surface area contributed by atoms with Crippen LogP contribution in [0.1, 0.15) is 87.4 Å². The van der Waals surface area contributed by atoms with Crippen molar-refractivity contribution in [1.29, 1.82) is 0 Å². The molecular weight excluding hydrogens is 444 g/mol. The number of carboxylic acids is 1. The highest BCUT2D eigenvalue weighted by atomic mass is 16.6. The van der Waals surface area contributed by atoms with Gasteiger partial charge in [-0.05, 0) is 78.3 Å². The number of carboxylic acid groups (broad SMARTS) is 1. The third-order valence-electron chi connectivity index (χ3n) is 7.00. The average Bonchev–Trinajstić information content (AvgIpc) is 3.15. The molecule has 6 heteroatoms. The van der Waals surface area contributed by atoms with E-state index in [1.165, 1.54) is 18.2 Å². The number of ether oxygens (including phenoxy) is 1. The molecule has 0 aliphatic carbocycles. The number of carbonyl (C=O) groups excluding carboxylic acids is 1. The minimum absolute atomic E-state index is 0.0197. The van der Waals surface area contributed by atoms with Crippen molar-refractivity contribution in [3.05, 3.63) is 92.5 Å². The molecule has 0 saturated carbocycles. The van der Waals surface area contributed by atoms with E-state index in [0.717, 1.165) is 22.3 Å². The SMILES string of the molecule is CCc1cc(CC)c(C2(c3cc(O)c(CC)cc3CC)OC(=O)c3ccc(C(=O)O)cc32)cc1O. The number of rotatable bonds is 7. The topological polar surface area (TPSA) is 104 Å². The summed E-state index contributed by atoms with van der Waals surface area (Å²) in [5, 5.41) is 31.5. The second kappa shape index (κ2) is 9.10. The van der Waals surface area contributed by atoms with E-state index in [9.17, 15) is 24.9 Å². The number of aryl methyl sites for hydroxylation is 4. The predicted molar refractivity (Wildman–Crippen MR) is 132 cm³/mol. The summed E-state index contributed by atoms with van der Waals surface area (Å²) in [6, 6.07) is 11.4. The van der Waals surface area contributed by atoms with Gasteiger partial charge in [-0.2, -0.15) is 0 Å². The second-order valence-corrected chi connectivity index (χ2v) is 8.83. The molecule has 4 rings (SSSR count). The molecule has 0 radical (unpaired) electrons. The highest BCUT2D eigenvalue weighted by molar-refractivity contribution is 5.98. The van der Waals surface area contributed by atoms with E-state index in [-0.39, 0.29) is 22.6 Å². The van der Waals surface area contributed by atoms with E-state index >= 15 is 0 Å². The zero-order valence-electron chi connectivity index (χ0n) is 20.4. The summed E-state index contributed by atoms with van der Waals surface area (Å²) in [6.45, 7) is 7.86. The number of benzene rings is 3. The molecule has 0 saturated heterocycles. The zero-order chi connectivity index (χ0) is 25.5. The molecule has 35 heavy (non-hydrogen) atoms. The van der Waals surface area contributed by atoms with Crippen LogP contribution in [0.3, 0.4) is 0 Å². The molecule has 1 aliphatic rings. The Hall–Kier alpha value is -3.80. The van der Waals surface area contributed by atoms with Gasteiger partial charge in [0.05, 0.1) is 11.1 Å². The third-order valence-corrected chi connectivity index (χ3v) is 7.00. The first kappa shape index (κ1) is 24.3. The Balaban J connectivity index is 2.20. The zero-order valence-corrected chi connectivity index (χ0v) is 20.4. The van der Waals surface area contributed by atoms with E-state index in [0.29, 0.717) is 42.4 Å². The van der Waals surface area contributed by atoms with Gasteiger partial charge in [0.25, 0.3) is 0 Å². The molecule has 6 nitrogen and oxygen atoms in total. The van der Waals surface area contributed by atoms with Crippen molar-refractivity contribution < 1.29 is 29.6 Å². The summed E-state index contributed by atoms with van der Waals surface area (Å²) >= 11 is 0. The van der Waals surface area contributed by atoms with Crippen LogP contribution >= 0.6 is 0 Å². The molecule has 182 valence electrons. The first-order chi connectivity index (χ1) is 16.7. The predicted octanol–water partition coefficient (Wildman–Crippen LogP) is 5.51. The second-order valence-electron chi connectivity index (χ2n) is 8.83. The van der Waals surface area contributed by atoms with Gasteiger partial charge in [-0.15, -0.1) is 0 Å². The molecule has 0 aromatic heterocycles. The Morgan fingerprint density at radius 3 is 1.66 bits per heavy atom. The summed E-state index contributed by atoms with van der Waals surface area (Å²) in [7, 11) is 0. The summed E-state index contributed by atoms with van der Waals surface area (Å²) < 4.78 is 6.21. The van der Waals surface area contributed by atoms with Gasteiger partial charge in [-0.3, -0.25) is 0 Å². The lowest BCUT2D eigenvalue weighted by molar-refractivity contribution is 0.0245. The maximum Gasteiger partial charge on any atom is 0.340 e. The van der Waals surface area contributed by atoms with E-state index in [4.69, 9.17) is 4.74 Å². The van der Waals surface area contributed by atoms with Crippen molar-refractivity contribution in [1.82, 2.24) is 0 Å². The van der Waals surface area contributed by atoms with Crippen LogP contribution in [0.5, 0.6) is 11.5 Å². The van der Waals surface area contributed by atoms with Crippen LogP contribution in [0.2, 0.25) is 0 Å². The van der Waals surface area contributed by atoms with Crippen molar-refractivity contribution in [2.24, 2.45) is 0 Å². The number of phenols is 2. The Kier molecular flexibility index (Phi) is 6.32. The molecule has 0 atom stereocenters. The molecule has 3 aromatic rings. The van der Waals surface area contributed by atoms with Crippen LogP contribution in [0.15, 0.2) is 42.5 Å². The van der Waals surface area contributed by atoms with Crippen molar-refractivity contribution in [2.45, 2.75) is 59.0 Å². The number of fused-ring (bicyclic) bond motifs is 1. The van der Waals surface area contributed by atoms with Crippen LogP contribution in [-0.4, -0.2) is 27.3 Å². The first-order valence-corrected chi connectivity index (χ1v) is 12.0. The quantitative estimate of drug-likeness (QED) is 0.390. The standard InChI is InChI=1S/C29H30O6/c1-5-16-11-18(7-3)25(30)14-22(16)29(23-15-26(31)19(8-4)12-17(23)6-2)24-13-20(27(32)33)9-10-21(24)28(34)35-29/h9-15,30-31H,5-8H2,1-4H3,(H,32,33). The number of aromatic hydroxyl groups is 2. The fourth-order valence-corrected chi connectivity index (χ4v) is 5.12. The lowest BCUT2D eigenvalue weighted by Gasteiger charge is -2.34. The molecule has 1 aliphatic heterocycles. The van der Waals surface area contributed by atoms with Crippen LogP contribution in [0, 0.1) is 0 Å². The van der Waals surface area contributed by atoms with E-state index < -0.39 is 17.5 Å². The van der Waals surface area contributed by atoms with Crippen LogP contribution in [0.4, 0.5) is 0 Å². The number of esters is 1. The fraction of sp³-hybridized carbons (Fsp3) is 0.310. The van der Waals surface area contributed by atoms with Gasteiger partial charge in [-0.25, -0.2) is 9.59 Å².